The lowest BCUT2D eigenvalue weighted by molar-refractivity contribution is 0.102. The summed E-state index contributed by atoms with van der Waals surface area (Å²) in [6.07, 6.45) is 1.60. The second-order valence-corrected chi connectivity index (χ2v) is 5.88. The largest absolute Gasteiger partial charge is 0.454 e. The van der Waals surface area contributed by atoms with Gasteiger partial charge in [0.25, 0.3) is 5.91 Å². The minimum Gasteiger partial charge on any atom is -0.454 e. The van der Waals surface area contributed by atoms with E-state index in [0.717, 1.165) is 0 Å². The van der Waals surface area contributed by atoms with E-state index in [9.17, 15) is 9.00 Å². The van der Waals surface area contributed by atoms with Crippen molar-refractivity contribution in [3.63, 3.8) is 0 Å². The van der Waals surface area contributed by atoms with E-state index in [1.807, 2.05) is 0 Å². The van der Waals surface area contributed by atoms with Crippen LogP contribution < -0.4 is 14.8 Å². The molecule has 0 spiro atoms. The number of carbonyl (C=O) groups is 1. The first-order valence-electron chi connectivity index (χ1n) is 6.28. The highest BCUT2D eigenvalue weighted by Gasteiger charge is 2.14. The second-order valence-electron chi connectivity index (χ2n) is 4.50. The Morgan fingerprint density at radius 3 is 2.52 bits per heavy atom. The smallest absolute Gasteiger partial charge is 0.255 e. The molecule has 0 saturated carbocycles. The van der Waals surface area contributed by atoms with Gasteiger partial charge in [-0.3, -0.25) is 9.00 Å². The van der Waals surface area contributed by atoms with Gasteiger partial charge in [-0.1, -0.05) is 0 Å². The summed E-state index contributed by atoms with van der Waals surface area (Å²) < 4.78 is 21.8. The van der Waals surface area contributed by atoms with Crippen LogP contribution in [0.1, 0.15) is 10.4 Å². The number of benzene rings is 2. The molecule has 1 amide bonds. The van der Waals surface area contributed by atoms with Gasteiger partial charge in [0.2, 0.25) is 6.79 Å². The van der Waals surface area contributed by atoms with Crippen molar-refractivity contribution in [3.05, 3.63) is 48.0 Å². The fourth-order valence-corrected chi connectivity index (χ4v) is 2.49. The Kier molecular flexibility index (Phi) is 3.62. The molecule has 0 saturated heterocycles. The summed E-state index contributed by atoms with van der Waals surface area (Å²) in [6, 6.07) is 11.9. The Bertz CT molecular complexity index is 712. The van der Waals surface area contributed by atoms with Gasteiger partial charge in [-0.25, -0.2) is 0 Å². The van der Waals surface area contributed by atoms with E-state index in [-0.39, 0.29) is 12.7 Å². The van der Waals surface area contributed by atoms with E-state index in [1.54, 1.807) is 48.7 Å². The van der Waals surface area contributed by atoms with Gasteiger partial charge in [0, 0.05) is 39.3 Å². The minimum absolute atomic E-state index is 0.197. The highest BCUT2D eigenvalue weighted by Crippen LogP contribution is 2.34. The quantitative estimate of drug-likeness (QED) is 0.945. The molecule has 1 aliphatic rings. The van der Waals surface area contributed by atoms with Crippen LogP contribution in [0.5, 0.6) is 11.5 Å². The van der Waals surface area contributed by atoms with Gasteiger partial charge in [0.05, 0.1) is 0 Å². The van der Waals surface area contributed by atoms with Crippen LogP contribution in [0, 0.1) is 0 Å². The molecule has 0 bridgehead atoms. The Morgan fingerprint density at radius 2 is 1.81 bits per heavy atom. The molecule has 1 N–H and O–H groups in total. The van der Waals surface area contributed by atoms with Crippen LogP contribution in [0.4, 0.5) is 5.69 Å². The van der Waals surface area contributed by atoms with Crippen molar-refractivity contribution in [1.82, 2.24) is 0 Å². The fraction of sp³-hybridized carbons (Fsp3) is 0.133. The van der Waals surface area contributed by atoms with E-state index in [2.05, 4.69) is 5.32 Å². The van der Waals surface area contributed by atoms with Gasteiger partial charge in [0.1, 0.15) is 0 Å². The van der Waals surface area contributed by atoms with E-state index < -0.39 is 10.8 Å². The zero-order valence-corrected chi connectivity index (χ0v) is 12.1. The minimum atomic E-state index is -1.05. The molecule has 2 aromatic carbocycles. The monoisotopic (exact) mass is 303 g/mol. The first-order valence-corrected chi connectivity index (χ1v) is 7.84. The average molecular weight is 303 g/mol. The fourth-order valence-electron chi connectivity index (χ4n) is 1.98. The molecule has 1 heterocycles. The van der Waals surface area contributed by atoms with Gasteiger partial charge in [-0.2, -0.15) is 0 Å². The summed E-state index contributed by atoms with van der Waals surface area (Å²) in [5.74, 6) is 1.05. The van der Waals surface area contributed by atoms with Gasteiger partial charge in [0.15, 0.2) is 11.5 Å². The van der Waals surface area contributed by atoms with Gasteiger partial charge >= 0.3 is 0 Å². The molecule has 5 nitrogen and oxygen atoms in total. The number of anilines is 1. The average Bonchev–Trinajstić information content (AvgIpc) is 2.95. The standard InChI is InChI=1S/C15H13NO4S/c1-21(18)12-5-2-10(3-6-12)15(17)16-11-4-7-13-14(8-11)20-9-19-13/h2-8H,9H2,1H3,(H,16,17). The van der Waals surface area contributed by atoms with Crippen LogP contribution in [-0.4, -0.2) is 23.2 Å². The van der Waals surface area contributed by atoms with Crippen LogP contribution in [-0.2, 0) is 10.8 Å². The molecule has 1 unspecified atom stereocenters. The summed E-state index contributed by atoms with van der Waals surface area (Å²) in [7, 11) is -1.05. The number of hydrogen-bond acceptors (Lipinski definition) is 4. The molecule has 108 valence electrons. The number of hydrogen-bond donors (Lipinski definition) is 1. The van der Waals surface area contributed by atoms with Crippen molar-refractivity contribution >= 4 is 22.4 Å². The van der Waals surface area contributed by atoms with Crippen LogP contribution in [0.15, 0.2) is 47.4 Å². The summed E-state index contributed by atoms with van der Waals surface area (Å²) >= 11 is 0. The molecule has 2 aromatic rings. The summed E-state index contributed by atoms with van der Waals surface area (Å²) in [5, 5.41) is 2.79. The molecule has 0 aromatic heterocycles. The zero-order valence-electron chi connectivity index (χ0n) is 11.3. The van der Waals surface area contributed by atoms with Crippen LogP contribution in [0.3, 0.4) is 0 Å². The van der Waals surface area contributed by atoms with Gasteiger partial charge in [-0.15, -0.1) is 0 Å². The van der Waals surface area contributed by atoms with E-state index in [0.29, 0.717) is 27.6 Å². The molecule has 1 aliphatic heterocycles. The lowest BCUT2D eigenvalue weighted by Crippen LogP contribution is -2.11. The molecular formula is C15H13NO4S. The van der Waals surface area contributed by atoms with Crippen molar-refractivity contribution in [2.75, 3.05) is 18.4 Å². The maximum absolute atomic E-state index is 12.1. The van der Waals surface area contributed by atoms with Crippen molar-refractivity contribution < 1.29 is 18.5 Å². The first-order chi connectivity index (χ1) is 10.1. The predicted octanol–water partition coefficient (Wildman–Crippen LogP) is 2.41. The maximum Gasteiger partial charge on any atom is 0.255 e. The molecule has 0 fully saturated rings. The van der Waals surface area contributed by atoms with Crippen molar-refractivity contribution in [1.29, 1.82) is 0 Å². The topological polar surface area (TPSA) is 64.6 Å². The lowest BCUT2D eigenvalue weighted by Gasteiger charge is -2.06. The zero-order chi connectivity index (χ0) is 14.8. The third-order valence-electron chi connectivity index (χ3n) is 3.08. The van der Waals surface area contributed by atoms with Gasteiger partial charge < -0.3 is 14.8 Å². The number of nitrogens with one attached hydrogen (secondary N) is 1. The molecule has 6 heteroatoms. The number of fused-ring (bicyclic) bond motifs is 1. The van der Waals surface area contributed by atoms with Crippen molar-refractivity contribution in [3.8, 4) is 11.5 Å². The molecular weight excluding hydrogens is 290 g/mol. The molecule has 3 rings (SSSR count). The Balaban J connectivity index is 1.75. The third kappa shape index (κ3) is 2.90. The number of rotatable bonds is 3. The first kappa shape index (κ1) is 13.6. The van der Waals surface area contributed by atoms with Crippen LogP contribution >= 0.6 is 0 Å². The Labute approximate surface area is 124 Å². The SMILES string of the molecule is CS(=O)c1ccc(C(=O)Nc2ccc3c(c2)OCO3)cc1. The van der Waals surface area contributed by atoms with Crippen LogP contribution in [0.25, 0.3) is 0 Å². The third-order valence-corrected chi connectivity index (χ3v) is 4.01. The Hall–Kier alpha value is -2.34. The maximum atomic E-state index is 12.1. The van der Waals surface area contributed by atoms with Crippen molar-refractivity contribution in [2.24, 2.45) is 0 Å². The predicted molar refractivity (Wildman–Crippen MR) is 79.3 cm³/mol. The van der Waals surface area contributed by atoms with E-state index >= 15 is 0 Å². The Morgan fingerprint density at radius 1 is 1.10 bits per heavy atom. The lowest BCUT2D eigenvalue weighted by atomic mass is 10.2. The molecule has 0 radical (unpaired) electrons. The van der Waals surface area contributed by atoms with E-state index in [4.69, 9.17) is 9.47 Å². The van der Waals surface area contributed by atoms with Gasteiger partial charge in [-0.05, 0) is 36.4 Å². The summed E-state index contributed by atoms with van der Waals surface area (Å²) in [4.78, 5) is 12.8. The highest BCUT2D eigenvalue weighted by atomic mass is 32.2. The van der Waals surface area contributed by atoms with Crippen molar-refractivity contribution in [2.45, 2.75) is 4.90 Å². The number of amides is 1. The van der Waals surface area contributed by atoms with E-state index in [1.165, 1.54) is 0 Å². The highest BCUT2D eigenvalue weighted by molar-refractivity contribution is 7.84. The normalized spacial score (nSPS) is 13.8. The number of carbonyl (C=O) groups excluding carboxylic acids is 1. The second kappa shape index (κ2) is 5.57. The van der Waals surface area contributed by atoms with Crippen LogP contribution in [0.2, 0.25) is 0 Å². The molecule has 0 aliphatic carbocycles. The summed E-state index contributed by atoms with van der Waals surface area (Å²) in [5.41, 5.74) is 1.13. The summed E-state index contributed by atoms with van der Waals surface area (Å²) in [6.45, 7) is 0.197. The molecule has 1 atom stereocenters. The number of ether oxygens (including phenoxy) is 2. The molecule has 21 heavy (non-hydrogen) atoms.